The van der Waals surface area contributed by atoms with Gasteiger partial charge in [-0.2, -0.15) is 0 Å². The van der Waals surface area contributed by atoms with Gasteiger partial charge in [-0.05, 0) is 30.5 Å². The van der Waals surface area contributed by atoms with Crippen LogP contribution in [0.1, 0.15) is 20.3 Å². The quantitative estimate of drug-likeness (QED) is 0.855. The lowest BCUT2D eigenvalue weighted by molar-refractivity contribution is -0.117. The summed E-state index contributed by atoms with van der Waals surface area (Å²) in [5, 5.41) is 2.63. The van der Waals surface area contributed by atoms with E-state index in [2.05, 4.69) is 5.32 Å². The van der Waals surface area contributed by atoms with Crippen LogP contribution in [-0.4, -0.2) is 26.6 Å². The predicted octanol–water partition coefficient (Wildman–Crippen LogP) is 1.40. The average molecular weight is 284 g/mol. The molecule has 0 radical (unpaired) electrons. The van der Waals surface area contributed by atoms with Crippen molar-refractivity contribution in [1.82, 2.24) is 0 Å². The Morgan fingerprint density at radius 3 is 2.53 bits per heavy atom. The Labute approximate surface area is 114 Å². The standard InChI is InChI=1S/C13H20N2O3S/c1-9(2)7-12(14)13(16)15-10-5-4-6-11(8-10)19(3,17)18/h4-6,8-9,12H,7,14H2,1-3H3,(H,15,16)/t12-/m1/s1. The summed E-state index contributed by atoms with van der Waals surface area (Å²) in [7, 11) is -3.28. The van der Waals surface area contributed by atoms with Crippen molar-refractivity contribution in [3.63, 3.8) is 0 Å². The number of rotatable bonds is 5. The van der Waals surface area contributed by atoms with Gasteiger partial charge in [0.2, 0.25) is 5.91 Å². The zero-order valence-electron chi connectivity index (χ0n) is 11.4. The summed E-state index contributed by atoms with van der Waals surface area (Å²) in [6, 6.07) is 5.53. The fraction of sp³-hybridized carbons (Fsp3) is 0.462. The molecule has 0 fully saturated rings. The van der Waals surface area contributed by atoms with Gasteiger partial charge in [0.25, 0.3) is 0 Å². The number of benzene rings is 1. The third-order valence-electron chi connectivity index (χ3n) is 2.59. The summed E-state index contributed by atoms with van der Waals surface area (Å²) in [4.78, 5) is 12.0. The third kappa shape index (κ3) is 5.00. The SMILES string of the molecule is CC(C)C[C@@H](N)C(=O)Nc1cccc(S(C)(=O)=O)c1. The number of carbonyl (C=O) groups excluding carboxylic acids is 1. The highest BCUT2D eigenvalue weighted by atomic mass is 32.2. The summed E-state index contributed by atoms with van der Waals surface area (Å²) in [5.41, 5.74) is 6.20. The number of hydrogen-bond acceptors (Lipinski definition) is 4. The molecule has 0 aliphatic carbocycles. The minimum absolute atomic E-state index is 0.169. The van der Waals surface area contributed by atoms with E-state index in [0.29, 0.717) is 18.0 Å². The van der Waals surface area contributed by atoms with Crippen LogP contribution in [0.3, 0.4) is 0 Å². The molecule has 0 spiro atoms. The first-order valence-corrected chi connectivity index (χ1v) is 7.96. The van der Waals surface area contributed by atoms with E-state index >= 15 is 0 Å². The number of amides is 1. The first-order valence-electron chi connectivity index (χ1n) is 6.06. The van der Waals surface area contributed by atoms with Crippen molar-refractivity contribution in [3.05, 3.63) is 24.3 Å². The Morgan fingerprint density at radius 1 is 1.37 bits per heavy atom. The van der Waals surface area contributed by atoms with E-state index in [4.69, 9.17) is 5.73 Å². The van der Waals surface area contributed by atoms with Crippen LogP contribution >= 0.6 is 0 Å². The normalized spacial score (nSPS) is 13.3. The summed E-state index contributed by atoms with van der Waals surface area (Å²) in [6.07, 6.45) is 1.70. The van der Waals surface area contributed by atoms with Crippen LogP contribution in [0.4, 0.5) is 5.69 Å². The van der Waals surface area contributed by atoms with Crippen LogP contribution in [0.15, 0.2) is 29.2 Å². The minimum Gasteiger partial charge on any atom is -0.325 e. The molecule has 3 N–H and O–H groups in total. The van der Waals surface area contributed by atoms with E-state index in [0.717, 1.165) is 6.26 Å². The zero-order valence-corrected chi connectivity index (χ0v) is 12.2. The van der Waals surface area contributed by atoms with Gasteiger partial charge in [-0.1, -0.05) is 19.9 Å². The van der Waals surface area contributed by atoms with Crippen LogP contribution in [0.25, 0.3) is 0 Å². The Morgan fingerprint density at radius 2 is 2.00 bits per heavy atom. The van der Waals surface area contributed by atoms with E-state index in [-0.39, 0.29) is 10.8 Å². The highest BCUT2D eigenvalue weighted by molar-refractivity contribution is 7.90. The fourth-order valence-electron chi connectivity index (χ4n) is 1.65. The Kier molecular flexibility index (Phi) is 5.08. The second-order valence-electron chi connectivity index (χ2n) is 5.03. The van der Waals surface area contributed by atoms with Gasteiger partial charge in [0, 0.05) is 11.9 Å². The van der Waals surface area contributed by atoms with Gasteiger partial charge in [0.15, 0.2) is 9.84 Å². The molecule has 1 amide bonds. The molecule has 0 saturated carbocycles. The van der Waals surface area contributed by atoms with E-state index < -0.39 is 15.9 Å². The molecule has 1 atom stereocenters. The van der Waals surface area contributed by atoms with E-state index in [1.54, 1.807) is 12.1 Å². The van der Waals surface area contributed by atoms with Crippen LogP contribution in [0.5, 0.6) is 0 Å². The highest BCUT2D eigenvalue weighted by Gasteiger charge is 2.15. The van der Waals surface area contributed by atoms with Gasteiger partial charge < -0.3 is 11.1 Å². The molecule has 0 aliphatic heterocycles. The van der Waals surface area contributed by atoms with Crippen molar-refractivity contribution in [2.45, 2.75) is 31.2 Å². The van der Waals surface area contributed by atoms with Crippen LogP contribution in [0.2, 0.25) is 0 Å². The minimum atomic E-state index is -3.28. The molecular formula is C13H20N2O3S. The van der Waals surface area contributed by atoms with E-state index in [1.807, 2.05) is 13.8 Å². The summed E-state index contributed by atoms with van der Waals surface area (Å²) < 4.78 is 22.8. The average Bonchev–Trinajstić information content (AvgIpc) is 2.27. The zero-order chi connectivity index (χ0) is 14.6. The number of nitrogens with one attached hydrogen (secondary N) is 1. The molecule has 5 nitrogen and oxygen atoms in total. The van der Waals surface area contributed by atoms with Gasteiger partial charge in [0.05, 0.1) is 10.9 Å². The first kappa shape index (κ1) is 15.7. The molecule has 0 heterocycles. The number of hydrogen-bond donors (Lipinski definition) is 2. The van der Waals surface area contributed by atoms with Crippen molar-refractivity contribution in [2.24, 2.45) is 11.7 Å². The first-order chi connectivity index (χ1) is 8.70. The highest BCUT2D eigenvalue weighted by Crippen LogP contribution is 2.16. The summed E-state index contributed by atoms with van der Waals surface area (Å²) in [5.74, 6) is 0.0162. The second kappa shape index (κ2) is 6.16. The summed E-state index contributed by atoms with van der Waals surface area (Å²) in [6.45, 7) is 3.97. The number of sulfone groups is 1. The van der Waals surface area contributed by atoms with Crippen molar-refractivity contribution in [2.75, 3.05) is 11.6 Å². The topological polar surface area (TPSA) is 89.3 Å². The number of anilines is 1. The molecule has 0 saturated heterocycles. The lowest BCUT2D eigenvalue weighted by Gasteiger charge is -2.14. The van der Waals surface area contributed by atoms with Gasteiger partial charge in [-0.3, -0.25) is 4.79 Å². The van der Waals surface area contributed by atoms with Gasteiger partial charge >= 0.3 is 0 Å². The predicted molar refractivity (Wildman–Crippen MR) is 75.6 cm³/mol. The van der Waals surface area contributed by atoms with Crippen molar-refractivity contribution in [3.8, 4) is 0 Å². The van der Waals surface area contributed by atoms with Gasteiger partial charge in [-0.25, -0.2) is 8.42 Å². The Hall–Kier alpha value is -1.40. The van der Waals surface area contributed by atoms with E-state index in [9.17, 15) is 13.2 Å². The monoisotopic (exact) mass is 284 g/mol. The molecule has 1 rings (SSSR count). The number of nitrogens with two attached hydrogens (primary N) is 1. The fourth-order valence-corrected chi connectivity index (χ4v) is 2.32. The number of carbonyl (C=O) groups is 1. The van der Waals surface area contributed by atoms with Crippen molar-refractivity contribution < 1.29 is 13.2 Å². The molecule has 0 aliphatic rings. The van der Waals surface area contributed by atoms with E-state index in [1.165, 1.54) is 12.1 Å². The van der Waals surface area contributed by atoms with Gasteiger partial charge in [0.1, 0.15) is 0 Å². The van der Waals surface area contributed by atoms with Crippen molar-refractivity contribution in [1.29, 1.82) is 0 Å². The largest absolute Gasteiger partial charge is 0.325 e. The molecular weight excluding hydrogens is 264 g/mol. The molecule has 19 heavy (non-hydrogen) atoms. The molecule has 1 aromatic rings. The lowest BCUT2D eigenvalue weighted by Crippen LogP contribution is -2.36. The van der Waals surface area contributed by atoms with Crippen LogP contribution in [-0.2, 0) is 14.6 Å². The Balaban J connectivity index is 2.81. The molecule has 0 bridgehead atoms. The smallest absolute Gasteiger partial charge is 0.241 e. The molecule has 6 heteroatoms. The second-order valence-corrected chi connectivity index (χ2v) is 7.04. The third-order valence-corrected chi connectivity index (χ3v) is 3.70. The van der Waals surface area contributed by atoms with Gasteiger partial charge in [-0.15, -0.1) is 0 Å². The lowest BCUT2D eigenvalue weighted by atomic mass is 10.0. The Bertz CT molecular complexity index is 553. The van der Waals surface area contributed by atoms with Crippen LogP contribution < -0.4 is 11.1 Å². The maximum Gasteiger partial charge on any atom is 0.241 e. The maximum absolute atomic E-state index is 11.8. The van der Waals surface area contributed by atoms with Crippen molar-refractivity contribution >= 4 is 21.4 Å². The molecule has 106 valence electrons. The maximum atomic E-state index is 11.8. The summed E-state index contributed by atoms with van der Waals surface area (Å²) >= 11 is 0. The van der Waals surface area contributed by atoms with Crippen LogP contribution in [0, 0.1) is 5.92 Å². The molecule has 1 aromatic carbocycles. The molecule has 0 unspecified atom stereocenters. The molecule has 0 aromatic heterocycles.